The number of halogens is 2. The lowest BCUT2D eigenvalue weighted by Crippen LogP contribution is -2.17. The molecule has 3 aromatic rings. The van der Waals surface area contributed by atoms with Crippen molar-refractivity contribution in [3.05, 3.63) is 52.6 Å². The number of oxazole rings is 1. The highest BCUT2D eigenvalue weighted by Gasteiger charge is 2.13. The van der Waals surface area contributed by atoms with Crippen LogP contribution in [0.25, 0.3) is 11.3 Å². The maximum atomic E-state index is 12.2. The van der Waals surface area contributed by atoms with E-state index in [9.17, 15) is 4.79 Å². The van der Waals surface area contributed by atoms with Crippen LogP contribution in [0.1, 0.15) is 26.2 Å². The number of rotatable bonds is 7. The number of carbonyl (C=O) groups excluding carboxylic acids is 1. The summed E-state index contributed by atoms with van der Waals surface area (Å²) in [5, 5.41) is 8.14. The van der Waals surface area contributed by atoms with Crippen LogP contribution in [0.2, 0.25) is 10.0 Å². The maximum Gasteiger partial charge on any atom is 0.226 e. The van der Waals surface area contributed by atoms with Crippen LogP contribution < -0.4 is 5.32 Å². The van der Waals surface area contributed by atoms with Gasteiger partial charge in [0.05, 0.1) is 17.4 Å². The molecule has 2 aromatic heterocycles. The number of anilines is 1. The van der Waals surface area contributed by atoms with Crippen molar-refractivity contribution in [1.82, 2.24) is 14.8 Å². The molecule has 8 heteroatoms. The van der Waals surface area contributed by atoms with Crippen molar-refractivity contribution in [3.63, 3.8) is 0 Å². The van der Waals surface area contributed by atoms with Gasteiger partial charge in [-0.1, -0.05) is 37.0 Å². The molecule has 0 aliphatic heterocycles. The Morgan fingerprint density at radius 3 is 2.85 bits per heavy atom. The predicted octanol–water partition coefficient (Wildman–Crippen LogP) is 5.07. The summed E-state index contributed by atoms with van der Waals surface area (Å²) in [5.41, 5.74) is 0.710. The van der Waals surface area contributed by atoms with Gasteiger partial charge in [0.2, 0.25) is 5.91 Å². The van der Waals surface area contributed by atoms with Crippen LogP contribution in [-0.2, 0) is 17.8 Å². The predicted molar refractivity (Wildman–Crippen MR) is 106 cm³/mol. The van der Waals surface area contributed by atoms with Crippen molar-refractivity contribution >= 4 is 34.9 Å². The van der Waals surface area contributed by atoms with E-state index in [1.165, 1.54) is 0 Å². The highest BCUT2D eigenvalue weighted by Crippen LogP contribution is 2.30. The molecule has 27 heavy (non-hydrogen) atoms. The van der Waals surface area contributed by atoms with E-state index in [4.69, 9.17) is 27.6 Å². The first kappa shape index (κ1) is 19.5. The van der Waals surface area contributed by atoms with Crippen molar-refractivity contribution < 1.29 is 9.21 Å². The Kier molecular flexibility index (Phi) is 6.19. The first-order valence-electron chi connectivity index (χ1n) is 8.64. The summed E-state index contributed by atoms with van der Waals surface area (Å²) in [5.74, 6) is 2.02. The summed E-state index contributed by atoms with van der Waals surface area (Å²) in [6, 6.07) is 6.94. The second-order valence-corrected chi connectivity index (χ2v) is 7.43. The standard InChI is InChI=1S/C19H20Cl2N4O2/c1-12(2)11-25-17(7-8-23-25)24-18(26)5-6-19-22-10-16(27-19)14-4-3-13(20)9-15(14)21/h3-4,7-10,12H,5-6,11H2,1-2H3,(H,24,26). The number of hydrogen-bond acceptors (Lipinski definition) is 4. The summed E-state index contributed by atoms with van der Waals surface area (Å²) in [4.78, 5) is 16.5. The highest BCUT2D eigenvalue weighted by molar-refractivity contribution is 6.36. The molecule has 0 fully saturated rings. The van der Waals surface area contributed by atoms with Crippen molar-refractivity contribution in [3.8, 4) is 11.3 Å². The summed E-state index contributed by atoms with van der Waals surface area (Å²) in [7, 11) is 0. The monoisotopic (exact) mass is 406 g/mol. The fourth-order valence-corrected chi connectivity index (χ4v) is 3.10. The van der Waals surface area contributed by atoms with Crippen LogP contribution in [-0.4, -0.2) is 20.7 Å². The zero-order valence-corrected chi connectivity index (χ0v) is 16.6. The van der Waals surface area contributed by atoms with E-state index in [0.29, 0.717) is 45.4 Å². The second kappa shape index (κ2) is 8.59. The number of aromatic nitrogens is 3. The molecule has 0 unspecified atom stereocenters. The molecule has 0 saturated carbocycles. The molecule has 0 spiro atoms. The highest BCUT2D eigenvalue weighted by atomic mass is 35.5. The maximum absolute atomic E-state index is 12.2. The molecule has 1 N–H and O–H groups in total. The van der Waals surface area contributed by atoms with Gasteiger partial charge in [-0.15, -0.1) is 0 Å². The number of hydrogen-bond donors (Lipinski definition) is 1. The van der Waals surface area contributed by atoms with E-state index in [0.717, 1.165) is 6.54 Å². The fraction of sp³-hybridized carbons (Fsp3) is 0.316. The van der Waals surface area contributed by atoms with E-state index in [-0.39, 0.29) is 12.3 Å². The lowest BCUT2D eigenvalue weighted by molar-refractivity contribution is -0.116. The number of benzene rings is 1. The topological polar surface area (TPSA) is 73.0 Å². The number of amides is 1. The molecular formula is C19H20Cl2N4O2. The van der Waals surface area contributed by atoms with Gasteiger partial charge in [0.25, 0.3) is 0 Å². The van der Waals surface area contributed by atoms with Crippen molar-refractivity contribution in [2.75, 3.05) is 5.32 Å². The Labute approximate surface area is 167 Å². The van der Waals surface area contributed by atoms with Crippen LogP contribution in [0.4, 0.5) is 5.82 Å². The smallest absolute Gasteiger partial charge is 0.226 e. The Balaban J connectivity index is 1.58. The molecule has 0 aliphatic rings. The molecular weight excluding hydrogens is 387 g/mol. The molecule has 1 aromatic carbocycles. The van der Waals surface area contributed by atoms with Gasteiger partial charge in [0, 0.05) is 36.0 Å². The van der Waals surface area contributed by atoms with Gasteiger partial charge in [0.1, 0.15) is 5.82 Å². The molecule has 2 heterocycles. The summed E-state index contributed by atoms with van der Waals surface area (Å²) in [6.45, 7) is 4.94. The number of nitrogens with zero attached hydrogens (tertiary/aromatic N) is 3. The zero-order valence-electron chi connectivity index (χ0n) is 15.1. The van der Waals surface area contributed by atoms with Crippen LogP contribution in [0.5, 0.6) is 0 Å². The average Bonchev–Trinajstić information content (AvgIpc) is 3.22. The Morgan fingerprint density at radius 1 is 1.30 bits per heavy atom. The first-order chi connectivity index (χ1) is 12.9. The SMILES string of the molecule is CC(C)Cn1nccc1NC(=O)CCc1ncc(-c2ccc(Cl)cc2Cl)o1. The first-order valence-corrected chi connectivity index (χ1v) is 9.39. The van der Waals surface area contributed by atoms with Gasteiger partial charge in [-0.25, -0.2) is 9.67 Å². The minimum absolute atomic E-state index is 0.121. The molecule has 1 amide bonds. The third-order valence-corrected chi connectivity index (χ3v) is 4.39. The van der Waals surface area contributed by atoms with E-state index < -0.39 is 0 Å². The largest absolute Gasteiger partial charge is 0.441 e. The molecule has 0 saturated heterocycles. The third kappa shape index (κ3) is 5.11. The summed E-state index contributed by atoms with van der Waals surface area (Å²) < 4.78 is 7.50. The van der Waals surface area contributed by atoms with Crippen LogP contribution in [0, 0.1) is 5.92 Å². The van der Waals surface area contributed by atoms with Crippen LogP contribution in [0.15, 0.2) is 41.1 Å². The molecule has 0 bridgehead atoms. The lowest BCUT2D eigenvalue weighted by atomic mass is 10.2. The normalized spacial score (nSPS) is 11.1. The Morgan fingerprint density at radius 2 is 2.11 bits per heavy atom. The second-order valence-electron chi connectivity index (χ2n) is 6.58. The van der Waals surface area contributed by atoms with E-state index in [2.05, 4.69) is 29.2 Å². The summed E-state index contributed by atoms with van der Waals surface area (Å²) in [6.07, 6.45) is 3.91. The van der Waals surface area contributed by atoms with Crippen molar-refractivity contribution in [2.45, 2.75) is 33.2 Å². The molecule has 0 atom stereocenters. The van der Waals surface area contributed by atoms with E-state index in [1.807, 2.05) is 0 Å². The quantitative estimate of drug-likeness (QED) is 0.593. The number of carbonyl (C=O) groups is 1. The molecule has 3 rings (SSSR count). The van der Waals surface area contributed by atoms with E-state index in [1.54, 1.807) is 41.3 Å². The molecule has 142 valence electrons. The molecule has 6 nitrogen and oxygen atoms in total. The van der Waals surface area contributed by atoms with Crippen molar-refractivity contribution in [2.24, 2.45) is 5.92 Å². The minimum atomic E-state index is -0.121. The summed E-state index contributed by atoms with van der Waals surface area (Å²) >= 11 is 12.1. The zero-order chi connectivity index (χ0) is 19.4. The van der Waals surface area contributed by atoms with Gasteiger partial charge in [-0.05, 0) is 24.1 Å². The van der Waals surface area contributed by atoms with Gasteiger partial charge in [-0.2, -0.15) is 5.10 Å². The minimum Gasteiger partial charge on any atom is -0.441 e. The van der Waals surface area contributed by atoms with Crippen LogP contribution >= 0.6 is 23.2 Å². The van der Waals surface area contributed by atoms with Gasteiger partial charge < -0.3 is 9.73 Å². The average molecular weight is 407 g/mol. The van der Waals surface area contributed by atoms with Crippen LogP contribution in [0.3, 0.4) is 0 Å². The molecule has 0 radical (unpaired) electrons. The number of nitrogens with one attached hydrogen (secondary N) is 1. The van der Waals surface area contributed by atoms with Gasteiger partial charge in [-0.3, -0.25) is 4.79 Å². The number of aryl methyl sites for hydroxylation is 1. The third-order valence-electron chi connectivity index (χ3n) is 3.84. The Hall–Kier alpha value is -2.31. The fourth-order valence-electron chi connectivity index (χ4n) is 2.60. The lowest BCUT2D eigenvalue weighted by Gasteiger charge is -2.10. The van der Waals surface area contributed by atoms with E-state index >= 15 is 0 Å². The van der Waals surface area contributed by atoms with Gasteiger partial charge >= 0.3 is 0 Å². The van der Waals surface area contributed by atoms with Crippen molar-refractivity contribution in [1.29, 1.82) is 0 Å². The van der Waals surface area contributed by atoms with Gasteiger partial charge in [0.15, 0.2) is 11.7 Å². The Bertz CT molecular complexity index is 933. The molecule has 0 aliphatic carbocycles.